The molecule has 0 radical (unpaired) electrons. The Bertz CT molecular complexity index is 540. The molecule has 1 N–H and O–H groups in total. The Kier molecular flexibility index (Phi) is 7.73. The molecule has 6 nitrogen and oxygen atoms in total. The highest BCUT2D eigenvalue weighted by atomic mass is 16.5. The summed E-state index contributed by atoms with van der Waals surface area (Å²) < 4.78 is 10.9. The van der Waals surface area contributed by atoms with Gasteiger partial charge in [-0.3, -0.25) is 9.59 Å². The van der Waals surface area contributed by atoms with Crippen molar-refractivity contribution in [3.05, 3.63) is 30.3 Å². The first-order valence-electron chi connectivity index (χ1n) is 8.90. The van der Waals surface area contributed by atoms with Gasteiger partial charge in [0, 0.05) is 25.0 Å². The first-order valence-corrected chi connectivity index (χ1v) is 8.90. The molecule has 0 aromatic heterocycles. The Balaban J connectivity index is 1.57. The first-order chi connectivity index (χ1) is 12.1. The fraction of sp³-hybridized carbons (Fsp3) is 0.579. The van der Waals surface area contributed by atoms with Gasteiger partial charge in [-0.15, -0.1) is 0 Å². The fourth-order valence-corrected chi connectivity index (χ4v) is 2.63. The molecule has 6 heteroatoms. The smallest absolute Gasteiger partial charge is 0.248 e. The molecule has 1 aromatic carbocycles. The Labute approximate surface area is 149 Å². The van der Waals surface area contributed by atoms with Crippen LogP contribution >= 0.6 is 0 Å². The van der Waals surface area contributed by atoms with Crippen LogP contribution in [0.25, 0.3) is 0 Å². The third-order valence-electron chi connectivity index (χ3n) is 4.18. The van der Waals surface area contributed by atoms with E-state index in [-0.39, 0.29) is 30.4 Å². The summed E-state index contributed by atoms with van der Waals surface area (Å²) in [5, 5.41) is 3.03. The number of rotatable bonds is 8. The molecule has 0 saturated carbocycles. The van der Waals surface area contributed by atoms with Crippen LogP contribution in [0.2, 0.25) is 0 Å². The molecule has 1 aromatic rings. The van der Waals surface area contributed by atoms with Crippen LogP contribution in [-0.4, -0.2) is 55.7 Å². The van der Waals surface area contributed by atoms with E-state index >= 15 is 0 Å². The second-order valence-corrected chi connectivity index (χ2v) is 6.53. The normalized spacial score (nSPS) is 15.2. The van der Waals surface area contributed by atoms with Gasteiger partial charge in [0.2, 0.25) is 11.8 Å². The Morgan fingerprint density at radius 3 is 2.48 bits per heavy atom. The molecule has 1 aliphatic rings. The summed E-state index contributed by atoms with van der Waals surface area (Å²) in [5.74, 6) is 0.856. The first kappa shape index (κ1) is 19.2. The molecular formula is C19H28N2O4. The van der Waals surface area contributed by atoms with Crippen LogP contribution in [0.5, 0.6) is 5.75 Å². The highest BCUT2D eigenvalue weighted by molar-refractivity contribution is 5.79. The number of para-hydroxylation sites is 1. The quantitative estimate of drug-likeness (QED) is 0.728. The largest absolute Gasteiger partial charge is 0.491 e. The Morgan fingerprint density at radius 2 is 1.84 bits per heavy atom. The van der Waals surface area contributed by atoms with E-state index in [1.807, 2.05) is 44.2 Å². The van der Waals surface area contributed by atoms with E-state index < -0.39 is 0 Å². The fourth-order valence-electron chi connectivity index (χ4n) is 2.63. The van der Waals surface area contributed by atoms with Crippen LogP contribution in [0.15, 0.2) is 30.3 Å². The molecule has 0 unspecified atom stereocenters. The van der Waals surface area contributed by atoms with Gasteiger partial charge in [-0.05, 0) is 25.0 Å². The summed E-state index contributed by atoms with van der Waals surface area (Å²) in [4.78, 5) is 25.7. The van der Waals surface area contributed by atoms with Crippen LogP contribution in [0, 0.1) is 5.92 Å². The maximum absolute atomic E-state index is 12.1. The van der Waals surface area contributed by atoms with Gasteiger partial charge >= 0.3 is 0 Å². The predicted octanol–water partition coefficient (Wildman–Crippen LogP) is 1.85. The van der Waals surface area contributed by atoms with Gasteiger partial charge < -0.3 is 19.7 Å². The number of benzene rings is 1. The number of nitrogens with zero attached hydrogens (tertiary/aromatic N) is 1. The molecule has 25 heavy (non-hydrogen) atoms. The average molecular weight is 348 g/mol. The van der Waals surface area contributed by atoms with E-state index in [0.29, 0.717) is 26.3 Å². The van der Waals surface area contributed by atoms with Gasteiger partial charge in [0.15, 0.2) is 0 Å². The number of carbonyl (C=O) groups is 2. The minimum atomic E-state index is -0.00818. The topological polar surface area (TPSA) is 67.9 Å². The average Bonchev–Trinajstić information content (AvgIpc) is 2.62. The predicted molar refractivity (Wildman–Crippen MR) is 95.3 cm³/mol. The van der Waals surface area contributed by atoms with Crippen molar-refractivity contribution in [2.75, 3.05) is 32.9 Å². The van der Waals surface area contributed by atoms with Crippen LogP contribution in [-0.2, 0) is 14.3 Å². The molecule has 1 fully saturated rings. The van der Waals surface area contributed by atoms with Crippen molar-refractivity contribution < 1.29 is 19.1 Å². The highest BCUT2D eigenvalue weighted by Crippen LogP contribution is 2.12. The highest BCUT2D eigenvalue weighted by Gasteiger charge is 2.24. The zero-order valence-corrected chi connectivity index (χ0v) is 15.1. The molecule has 0 bridgehead atoms. The number of piperidine rings is 1. The van der Waals surface area contributed by atoms with E-state index in [1.165, 1.54) is 0 Å². The summed E-state index contributed by atoms with van der Waals surface area (Å²) in [6.07, 6.45) is 1.59. The molecule has 0 aliphatic carbocycles. The molecule has 0 atom stereocenters. The van der Waals surface area contributed by atoms with Crippen molar-refractivity contribution in [3.8, 4) is 5.75 Å². The van der Waals surface area contributed by atoms with Gasteiger partial charge in [-0.1, -0.05) is 32.0 Å². The number of amides is 2. The van der Waals surface area contributed by atoms with Crippen molar-refractivity contribution in [2.24, 2.45) is 5.92 Å². The summed E-state index contributed by atoms with van der Waals surface area (Å²) in [5.41, 5.74) is 0. The van der Waals surface area contributed by atoms with Gasteiger partial charge in [0.05, 0.1) is 6.61 Å². The van der Waals surface area contributed by atoms with Gasteiger partial charge in [0.25, 0.3) is 0 Å². The minimum absolute atomic E-state index is 0.00616. The van der Waals surface area contributed by atoms with Gasteiger partial charge in [-0.2, -0.15) is 0 Å². The number of hydrogen-bond donors (Lipinski definition) is 1. The molecule has 1 heterocycles. The number of carbonyl (C=O) groups excluding carboxylic acids is 2. The molecule has 0 spiro atoms. The molecule has 2 rings (SSSR count). The van der Waals surface area contributed by atoms with Crippen molar-refractivity contribution in [1.29, 1.82) is 0 Å². The van der Waals surface area contributed by atoms with E-state index in [2.05, 4.69) is 5.32 Å². The SMILES string of the molecule is CC(C)C(=O)NC1CCN(C(=O)COCCOc2ccccc2)CC1. The number of ether oxygens (including phenoxy) is 2. The standard InChI is InChI=1S/C19H28N2O4/c1-15(2)19(23)20-16-8-10-21(11-9-16)18(22)14-24-12-13-25-17-6-4-3-5-7-17/h3-7,15-16H,8-14H2,1-2H3,(H,20,23). The van der Waals surface area contributed by atoms with Crippen LogP contribution in [0.4, 0.5) is 0 Å². The molecule has 1 saturated heterocycles. The van der Waals surface area contributed by atoms with E-state index in [4.69, 9.17) is 9.47 Å². The van der Waals surface area contributed by atoms with Crippen molar-refractivity contribution in [3.63, 3.8) is 0 Å². The minimum Gasteiger partial charge on any atom is -0.491 e. The lowest BCUT2D eigenvalue weighted by atomic mass is 10.0. The number of likely N-dealkylation sites (tertiary alicyclic amines) is 1. The summed E-state index contributed by atoms with van der Waals surface area (Å²) in [6.45, 7) is 5.94. The van der Waals surface area contributed by atoms with Crippen molar-refractivity contribution >= 4 is 11.8 Å². The number of nitrogens with one attached hydrogen (secondary N) is 1. The summed E-state index contributed by atoms with van der Waals surface area (Å²) >= 11 is 0. The maximum Gasteiger partial charge on any atom is 0.248 e. The monoisotopic (exact) mass is 348 g/mol. The second kappa shape index (κ2) is 10.0. The lowest BCUT2D eigenvalue weighted by Gasteiger charge is -2.32. The number of hydrogen-bond acceptors (Lipinski definition) is 4. The van der Waals surface area contributed by atoms with E-state index in [1.54, 1.807) is 4.90 Å². The van der Waals surface area contributed by atoms with E-state index in [0.717, 1.165) is 18.6 Å². The van der Waals surface area contributed by atoms with Gasteiger partial charge in [0.1, 0.15) is 19.0 Å². The lowest BCUT2D eigenvalue weighted by Crippen LogP contribution is -2.48. The molecule has 1 aliphatic heterocycles. The zero-order chi connectivity index (χ0) is 18.1. The summed E-state index contributed by atoms with van der Waals surface area (Å²) in [7, 11) is 0. The van der Waals surface area contributed by atoms with Crippen LogP contribution in [0.3, 0.4) is 0 Å². The van der Waals surface area contributed by atoms with Crippen LogP contribution < -0.4 is 10.1 Å². The lowest BCUT2D eigenvalue weighted by molar-refractivity contribution is -0.137. The third kappa shape index (κ3) is 6.74. The molecular weight excluding hydrogens is 320 g/mol. The van der Waals surface area contributed by atoms with E-state index in [9.17, 15) is 9.59 Å². The van der Waals surface area contributed by atoms with Crippen LogP contribution in [0.1, 0.15) is 26.7 Å². The van der Waals surface area contributed by atoms with Crippen molar-refractivity contribution in [2.45, 2.75) is 32.7 Å². The van der Waals surface area contributed by atoms with Crippen molar-refractivity contribution in [1.82, 2.24) is 10.2 Å². The zero-order valence-electron chi connectivity index (χ0n) is 15.1. The Morgan fingerprint density at radius 1 is 1.16 bits per heavy atom. The third-order valence-corrected chi connectivity index (χ3v) is 4.18. The summed E-state index contributed by atoms with van der Waals surface area (Å²) in [6, 6.07) is 9.68. The second-order valence-electron chi connectivity index (χ2n) is 6.53. The molecule has 2 amide bonds. The Hall–Kier alpha value is -2.08. The molecule has 138 valence electrons. The maximum atomic E-state index is 12.1. The van der Waals surface area contributed by atoms with Gasteiger partial charge in [-0.25, -0.2) is 0 Å².